The zero-order valence-corrected chi connectivity index (χ0v) is 22.2. The second-order valence-corrected chi connectivity index (χ2v) is 11.7. The summed E-state index contributed by atoms with van der Waals surface area (Å²) in [6.07, 6.45) is 1.83. The van der Waals surface area contributed by atoms with Crippen molar-refractivity contribution in [2.75, 3.05) is 11.8 Å². The zero-order valence-electron chi connectivity index (χ0n) is 19.1. The Morgan fingerprint density at radius 1 is 1.14 bits per heavy atom. The van der Waals surface area contributed by atoms with Crippen molar-refractivity contribution in [3.63, 3.8) is 0 Å². The fraction of sp³-hybridized carbons (Fsp3) is 0.192. The average molecular weight is 592 g/mol. The normalized spacial score (nSPS) is 13.7. The Kier molecular flexibility index (Phi) is 6.57. The number of amides is 1. The van der Waals surface area contributed by atoms with Crippen molar-refractivity contribution in [3.05, 3.63) is 86.6 Å². The number of nitrogens with one attached hydrogen (secondary N) is 2. The molecule has 0 spiro atoms. The smallest absolute Gasteiger partial charge is 0.255 e. The molecule has 0 atom stereocenters. The lowest BCUT2D eigenvalue weighted by Crippen LogP contribution is -2.18. The monoisotopic (exact) mass is 590 g/mol. The number of furan rings is 1. The molecule has 3 aromatic carbocycles. The zero-order chi connectivity index (χ0) is 25.6. The highest BCUT2D eigenvalue weighted by atomic mass is 79.9. The maximum Gasteiger partial charge on any atom is 0.255 e. The summed E-state index contributed by atoms with van der Waals surface area (Å²) >= 11 is 9.44. The van der Waals surface area contributed by atoms with Crippen molar-refractivity contribution in [3.8, 4) is 11.3 Å². The summed E-state index contributed by atoms with van der Waals surface area (Å²) < 4.78 is 49.1. The number of hydrogen-bond acceptors (Lipinski definition) is 4. The van der Waals surface area contributed by atoms with Gasteiger partial charge in [-0.3, -0.25) is 9.52 Å². The largest absolute Gasteiger partial charge is 0.455 e. The molecule has 1 aliphatic carbocycles. The van der Waals surface area contributed by atoms with Crippen LogP contribution in [0.15, 0.2) is 63.5 Å². The van der Waals surface area contributed by atoms with Crippen LogP contribution < -0.4 is 10.0 Å². The first-order chi connectivity index (χ1) is 17.1. The number of benzene rings is 3. The molecule has 6 nitrogen and oxygen atoms in total. The van der Waals surface area contributed by atoms with E-state index >= 15 is 0 Å². The molecule has 10 heteroatoms. The lowest BCUT2D eigenvalue weighted by Gasteiger charge is -2.13. The number of fused-ring (bicyclic) bond motifs is 1. The molecule has 1 aromatic heterocycles. The molecule has 1 heterocycles. The molecule has 0 bridgehead atoms. The van der Waals surface area contributed by atoms with Gasteiger partial charge in [0, 0.05) is 28.5 Å². The van der Waals surface area contributed by atoms with Crippen LogP contribution in [0.5, 0.6) is 0 Å². The molecule has 0 unspecified atom stereocenters. The van der Waals surface area contributed by atoms with E-state index in [1.54, 1.807) is 24.3 Å². The topological polar surface area (TPSA) is 88.4 Å². The van der Waals surface area contributed by atoms with Gasteiger partial charge in [-0.1, -0.05) is 17.7 Å². The van der Waals surface area contributed by atoms with Crippen molar-refractivity contribution in [1.82, 2.24) is 5.32 Å². The standard InChI is InChI=1S/C26H21BrClFN2O4S/c1-30-26(32)24-19-11-18(15-3-4-15)22(12-23(19)35-25(24)16-5-7-17(29)8-6-16)31-36(33,34)13-14-2-9-20(27)21(28)10-14/h2,5-12,15,31H,3-4,13H2,1H3,(H,30,32). The molecule has 2 N–H and O–H groups in total. The van der Waals surface area contributed by atoms with E-state index < -0.39 is 15.8 Å². The molecule has 1 amide bonds. The lowest BCUT2D eigenvalue weighted by molar-refractivity contribution is 0.0964. The van der Waals surface area contributed by atoms with E-state index in [1.165, 1.54) is 31.3 Å². The molecule has 36 heavy (non-hydrogen) atoms. The molecule has 1 saturated carbocycles. The summed E-state index contributed by atoms with van der Waals surface area (Å²) in [6.45, 7) is 0. The minimum Gasteiger partial charge on any atom is -0.455 e. The van der Waals surface area contributed by atoms with E-state index in [-0.39, 0.29) is 23.3 Å². The molecule has 0 aliphatic heterocycles. The van der Waals surface area contributed by atoms with Gasteiger partial charge in [0.15, 0.2) is 0 Å². The number of rotatable bonds is 7. The Labute approximate surface area is 221 Å². The van der Waals surface area contributed by atoms with Crippen molar-refractivity contribution in [2.24, 2.45) is 0 Å². The molecule has 1 aliphatic rings. The van der Waals surface area contributed by atoms with Gasteiger partial charge in [0.1, 0.15) is 17.2 Å². The first kappa shape index (κ1) is 24.8. The van der Waals surface area contributed by atoms with Crippen LogP contribution in [-0.4, -0.2) is 21.4 Å². The van der Waals surface area contributed by atoms with Crippen molar-refractivity contribution in [1.29, 1.82) is 0 Å². The first-order valence-corrected chi connectivity index (χ1v) is 14.0. The SMILES string of the molecule is CNC(=O)c1c(-c2ccc(F)cc2)oc2cc(NS(=O)(=O)Cc3ccc(Br)c(Cl)c3)c(C3CC3)cc12. The second-order valence-electron chi connectivity index (χ2n) is 8.71. The summed E-state index contributed by atoms with van der Waals surface area (Å²) in [5, 5.41) is 3.63. The van der Waals surface area contributed by atoms with Crippen molar-refractivity contribution in [2.45, 2.75) is 24.5 Å². The number of halogens is 3. The Balaban J connectivity index is 1.59. The number of sulfonamides is 1. The van der Waals surface area contributed by atoms with E-state index in [1.807, 2.05) is 6.07 Å². The fourth-order valence-electron chi connectivity index (χ4n) is 4.19. The van der Waals surface area contributed by atoms with Crippen LogP contribution in [0.4, 0.5) is 10.1 Å². The number of hydrogen-bond donors (Lipinski definition) is 2. The average Bonchev–Trinajstić information content (AvgIpc) is 3.61. The third kappa shape index (κ3) is 5.00. The summed E-state index contributed by atoms with van der Waals surface area (Å²) in [5.41, 5.74) is 2.96. The summed E-state index contributed by atoms with van der Waals surface area (Å²) in [7, 11) is -2.26. The van der Waals surface area contributed by atoms with Crippen LogP contribution in [0, 0.1) is 5.82 Å². The van der Waals surface area contributed by atoms with Crippen LogP contribution in [0.2, 0.25) is 5.02 Å². The van der Waals surface area contributed by atoms with Gasteiger partial charge < -0.3 is 9.73 Å². The molecule has 5 rings (SSSR count). The number of anilines is 1. The van der Waals surface area contributed by atoms with Gasteiger partial charge in [0.25, 0.3) is 5.91 Å². The number of carbonyl (C=O) groups is 1. The van der Waals surface area contributed by atoms with Crippen LogP contribution in [0.3, 0.4) is 0 Å². The Bertz CT molecular complexity index is 1600. The Morgan fingerprint density at radius 3 is 2.50 bits per heavy atom. The van der Waals surface area contributed by atoms with Crippen LogP contribution in [0.25, 0.3) is 22.3 Å². The van der Waals surface area contributed by atoms with Crippen LogP contribution in [0.1, 0.15) is 40.2 Å². The quantitative estimate of drug-likeness (QED) is 0.246. The molecule has 1 fully saturated rings. The van der Waals surface area contributed by atoms with E-state index in [0.717, 1.165) is 18.4 Å². The third-order valence-electron chi connectivity index (χ3n) is 6.04. The van der Waals surface area contributed by atoms with Crippen molar-refractivity contribution < 1.29 is 22.0 Å². The van der Waals surface area contributed by atoms with Gasteiger partial charge >= 0.3 is 0 Å². The molecular formula is C26H21BrClFN2O4S. The highest BCUT2D eigenvalue weighted by Crippen LogP contribution is 2.47. The van der Waals surface area contributed by atoms with Gasteiger partial charge in [0.05, 0.1) is 22.0 Å². The van der Waals surface area contributed by atoms with Crippen LogP contribution in [-0.2, 0) is 15.8 Å². The van der Waals surface area contributed by atoms with E-state index in [0.29, 0.717) is 42.8 Å². The third-order valence-corrected chi connectivity index (χ3v) is 8.52. The van der Waals surface area contributed by atoms with Gasteiger partial charge in [-0.25, -0.2) is 12.8 Å². The van der Waals surface area contributed by atoms with Crippen molar-refractivity contribution >= 4 is 60.1 Å². The molecule has 4 aromatic rings. The van der Waals surface area contributed by atoms with Crippen LogP contribution >= 0.6 is 27.5 Å². The summed E-state index contributed by atoms with van der Waals surface area (Å²) in [4.78, 5) is 12.8. The van der Waals surface area contributed by atoms with E-state index in [4.69, 9.17) is 16.0 Å². The molecule has 186 valence electrons. The first-order valence-electron chi connectivity index (χ1n) is 11.2. The minimum absolute atomic E-state index is 0.177. The van der Waals surface area contributed by atoms with E-state index in [2.05, 4.69) is 26.0 Å². The highest BCUT2D eigenvalue weighted by Gasteiger charge is 2.31. The number of carbonyl (C=O) groups excluding carboxylic acids is 1. The second kappa shape index (κ2) is 9.53. The minimum atomic E-state index is -3.78. The summed E-state index contributed by atoms with van der Waals surface area (Å²) in [6, 6.07) is 14.1. The van der Waals surface area contributed by atoms with Gasteiger partial charge in [0.2, 0.25) is 10.0 Å². The Morgan fingerprint density at radius 2 is 1.86 bits per heavy atom. The molecule has 0 saturated heterocycles. The van der Waals surface area contributed by atoms with Gasteiger partial charge in [-0.15, -0.1) is 0 Å². The fourth-order valence-corrected chi connectivity index (χ4v) is 5.84. The molecular weight excluding hydrogens is 571 g/mol. The Hall–Kier alpha value is -2.88. The maximum atomic E-state index is 13.5. The molecule has 0 radical (unpaired) electrons. The van der Waals surface area contributed by atoms with Gasteiger partial charge in [-0.2, -0.15) is 0 Å². The van der Waals surface area contributed by atoms with E-state index in [9.17, 15) is 17.6 Å². The highest BCUT2D eigenvalue weighted by molar-refractivity contribution is 9.10. The predicted molar refractivity (Wildman–Crippen MR) is 142 cm³/mol. The lowest BCUT2D eigenvalue weighted by atomic mass is 10.0. The summed E-state index contributed by atoms with van der Waals surface area (Å²) in [5.74, 6) is -0.553. The predicted octanol–water partition coefficient (Wildman–Crippen LogP) is 6.83. The van der Waals surface area contributed by atoms with Gasteiger partial charge in [-0.05, 0) is 88.3 Å². The maximum absolute atomic E-state index is 13.5.